The lowest BCUT2D eigenvalue weighted by Crippen LogP contribution is -2.49. The van der Waals surface area contributed by atoms with Gasteiger partial charge in [0.25, 0.3) is 0 Å². The Morgan fingerprint density at radius 1 is 1.43 bits per heavy atom. The van der Waals surface area contributed by atoms with Crippen molar-refractivity contribution in [1.82, 2.24) is 4.90 Å². The highest BCUT2D eigenvalue weighted by Gasteiger charge is 2.46. The van der Waals surface area contributed by atoms with E-state index in [-0.39, 0.29) is 11.5 Å². The van der Waals surface area contributed by atoms with Crippen LogP contribution in [0.25, 0.3) is 0 Å². The molecule has 1 atom stereocenters. The van der Waals surface area contributed by atoms with Crippen LogP contribution in [-0.2, 0) is 9.53 Å². The third-order valence-electron chi connectivity index (χ3n) is 3.44. The monoisotopic (exact) mass is 197 g/mol. The Morgan fingerprint density at radius 2 is 2.21 bits per heavy atom. The van der Waals surface area contributed by atoms with E-state index >= 15 is 0 Å². The smallest absolute Gasteiger partial charge is 0.225 e. The van der Waals surface area contributed by atoms with Gasteiger partial charge in [0, 0.05) is 19.1 Å². The van der Waals surface area contributed by atoms with Crippen LogP contribution in [0.4, 0.5) is 0 Å². The molecule has 2 aliphatic rings. The lowest BCUT2D eigenvalue weighted by molar-refractivity contribution is -0.138. The predicted molar refractivity (Wildman–Crippen MR) is 54.0 cm³/mol. The SMILES string of the molecule is CC(C)C(=O)N1CCCC12CCOC2. The van der Waals surface area contributed by atoms with Gasteiger partial charge in [-0.2, -0.15) is 0 Å². The van der Waals surface area contributed by atoms with Gasteiger partial charge in [0.1, 0.15) is 0 Å². The summed E-state index contributed by atoms with van der Waals surface area (Å²) in [6.45, 7) is 6.46. The zero-order valence-electron chi connectivity index (χ0n) is 9.08. The van der Waals surface area contributed by atoms with Gasteiger partial charge in [-0.3, -0.25) is 4.79 Å². The summed E-state index contributed by atoms with van der Waals surface area (Å²) in [5.41, 5.74) is 0.0708. The fourth-order valence-corrected chi connectivity index (χ4v) is 2.60. The Labute approximate surface area is 85.4 Å². The highest BCUT2D eigenvalue weighted by molar-refractivity contribution is 5.79. The number of carbonyl (C=O) groups is 1. The highest BCUT2D eigenvalue weighted by Crippen LogP contribution is 2.37. The zero-order valence-corrected chi connectivity index (χ0v) is 9.08. The Hall–Kier alpha value is -0.570. The van der Waals surface area contributed by atoms with E-state index in [2.05, 4.69) is 4.90 Å². The first-order valence-corrected chi connectivity index (χ1v) is 5.55. The zero-order chi connectivity index (χ0) is 10.2. The molecule has 0 aromatic heterocycles. The Kier molecular flexibility index (Phi) is 2.52. The molecule has 2 heterocycles. The fraction of sp³-hybridized carbons (Fsp3) is 0.909. The van der Waals surface area contributed by atoms with Crippen LogP contribution in [0.5, 0.6) is 0 Å². The number of ether oxygens (including phenoxy) is 1. The second-order valence-electron chi connectivity index (χ2n) is 4.78. The average Bonchev–Trinajstić information content (AvgIpc) is 2.76. The lowest BCUT2D eigenvalue weighted by Gasteiger charge is -2.34. The molecule has 1 amide bonds. The van der Waals surface area contributed by atoms with Crippen LogP contribution >= 0.6 is 0 Å². The molecule has 0 aromatic carbocycles. The van der Waals surface area contributed by atoms with Crippen molar-refractivity contribution in [3.05, 3.63) is 0 Å². The first kappa shape index (κ1) is 9.97. The minimum absolute atomic E-state index is 0.0708. The summed E-state index contributed by atoms with van der Waals surface area (Å²) in [7, 11) is 0. The third kappa shape index (κ3) is 1.44. The maximum absolute atomic E-state index is 12.0. The molecule has 2 fully saturated rings. The molecule has 2 aliphatic heterocycles. The van der Waals surface area contributed by atoms with Gasteiger partial charge in [-0.1, -0.05) is 13.8 Å². The predicted octanol–water partition coefficient (Wildman–Crippen LogP) is 1.42. The van der Waals surface area contributed by atoms with Gasteiger partial charge in [0.15, 0.2) is 0 Å². The van der Waals surface area contributed by atoms with E-state index in [0.717, 1.165) is 39.0 Å². The Bertz CT molecular complexity index is 226. The molecule has 2 rings (SSSR count). The average molecular weight is 197 g/mol. The molecular formula is C11H19NO2. The van der Waals surface area contributed by atoms with E-state index in [9.17, 15) is 4.79 Å². The van der Waals surface area contributed by atoms with Crippen LogP contribution in [0.3, 0.4) is 0 Å². The van der Waals surface area contributed by atoms with Gasteiger partial charge in [0.2, 0.25) is 5.91 Å². The fourth-order valence-electron chi connectivity index (χ4n) is 2.60. The van der Waals surface area contributed by atoms with E-state index in [1.54, 1.807) is 0 Å². The molecule has 0 N–H and O–H groups in total. The van der Waals surface area contributed by atoms with Crippen molar-refractivity contribution in [2.24, 2.45) is 5.92 Å². The minimum atomic E-state index is 0.0708. The molecule has 1 spiro atoms. The van der Waals surface area contributed by atoms with E-state index in [0.29, 0.717) is 5.91 Å². The molecule has 0 saturated carbocycles. The normalized spacial score (nSPS) is 32.1. The molecule has 0 bridgehead atoms. The van der Waals surface area contributed by atoms with E-state index in [1.807, 2.05) is 13.8 Å². The van der Waals surface area contributed by atoms with Crippen LogP contribution in [0.1, 0.15) is 33.1 Å². The second kappa shape index (κ2) is 3.54. The molecule has 14 heavy (non-hydrogen) atoms. The molecule has 0 aliphatic carbocycles. The number of amides is 1. The molecule has 3 heteroatoms. The van der Waals surface area contributed by atoms with Crippen LogP contribution in [-0.4, -0.2) is 36.1 Å². The highest BCUT2D eigenvalue weighted by atomic mass is 16.5. The number of nitrogens with zero attached hydrogens (tertiary/aromatic N) is 1. The molecule has 0 aromatic rings. The summed E-state index contributed by atoms with van der Waals surface area (Å²) in [4.78, 5) is 14.1. The summed E-state index contributed by atoms with van der Waals surface area (Å²) >= 11 is 0. The van der Waals surface area contributed by atoms with Crippen LogP contribution < -0.4 is 0 Å². The molecule has 2 saturated heterocycles. The maximum Gasteiger partial charge on any atom is 0.225 e. The van der Waals surface area contributed by atoms with Gasteiger partial charge in [-0.15, -0.1) is 0 Å². The number of likely N-dealkylation sites (tertiary alicyclic amines) is 1. The van der Waals surface area contributed by atoms with Crippen molar-refractivity contribution in [1.29, 1.82) is 0 Å². The number of hydrogen-bond acceptors (Lipinski definition) is 2. The van der Waals surface area contributed by atoms with Crippen LogP contribution in [0.15, 0.2) is 0 Å². The van der Waals surface area contributed by atoms with Crippen molar-refractivity contribution in [2.75, 3.05) is 19.8 Å². The molecular weight excluding hydrogens is 178 g/mol. The van der Waals surface area contributed by atoms with Gasteiger partial charge in [0.05, 0.1) is 12.1 Å². The van der Waals surface area contributed by atoms with Crippen LogP contribution in [0.2, 0.25) is 0 Å². The lowest BCUT2D eigenvalue weighted by atomic mass is 9.94. The standard InChI is InChI=1S/C11H19NO2/c1-9(2)10(13)12-6-3-4-11(12)5-7-14-8-11/h9H,3-8H2,1-2H3. The molecule has 0 radical (unpaired) electrons. The van der Waals surface area contributed by atoms with Gasteiger partial charge >= 0.3 is 0 Å². The van der Waals surface area contributed by atoms with Gasteiger partial charge in [-0.05, 0) is 19.3 Å². The molecule has 80 valence electrons. The Morgan fingerprint density at radius 3 is 2.79 bits per heavy atom. The largest absolute Gasteiger partial charge is 0.379 e. The van der Waals surface area contributed by atoms with Crippen LogP contribution in [0, 0.1) is 5.92 Å². The summed E-state index contributed by atoms with van der Waals surface area (Å²) in [5.74, 6) is 0.415. The molecule has 1 unspecified atom stereocenters. The van der Waals surface area contributed by atoms with Crippen molar-refractivity contribution in [3.63, 3.8) is 0 Å². The van der Waals surface area contributed by atoms with Crippen molar-refractivity contribution >= 4 is 5.91 Å². The van der Waals surface area contributed by atoms with Crippen molar-refractivity contribution in [2.45, 2.75) is 38.6 Å². The van der Waals surface area contributed by atoms with E-state index in [4.69, 9.17) is 4.74 Å². The first-order valence-electron chi connectivity index (χ1n) is 5.55. The van der Waals surface area contributed by atoms with Crippen molar-refractivity contribution < 1.29 is 9.53 Å². The Balaban J connectivity index is 2.14. The summed E-state index contributed by atoms with van der Waals surface area (Å²) < 4.78 is 5.45. The molecule has 3 nitrogen and oxygen atoms in total. The van der Waals surface area contributed by atoms with Gasteiger partial charge in [-0.25, -0.2) is 0 Å². The van der Waals surface area contributed by atoms with Crippen molar-refractivity contribution in [3.8, 4) is 0 Å². The topological polar surface area (TPSA) is 29.5 Å². The van der Waals surface area contributed by atoms with Gasteiger partial charge < -0.3 is 9.64 Å². The summed E-state index contributed by atoms with van der Waals surface area (Å²) in [6.07, 6.45) is 3.30. The third-order valence-corrected chi connectivity index (χ3v) is 3.44. The van der Waals surface area contributed by atoms with E-state index < -0.39 is 0 Å². The number of carbonyl (C=O) groups excluding carboxylic acids is 1. The summed E-state index contributed by atoms with van der Waals surface area (Å²) in [5, 5.41) is 0. The van der Waals surface area contributed by atoms with E-state index in [1.165, 1.54) is 0 Å². The number of rotatable bonds is 1. The minimum Gasteiger partial charge on any atom is -0.379 e. The number of hydrogen-bond donors (Lipinski definition) is 0. The summed E-state index contributed by atoms with van der Waals surface area (Å²) in [6, 6.07) is 0. The maximum atomic E-state index is 12.0. The quantitative estimate of drug-likeness (QED) is 0.636. The second-order valence-corrected chi connectivity index (χ2v) is 4.78. The first-order chi connectivity index (χ1) is 6.66.